The van der Waals surface area contributed by atoms with E-state index in [4.69, 9.17) is 4.74 Å². The third-order valence-electron chi connectivity index (χ3n) is 2.81. The number of hydrogen-bond donors (Lipinski definition) is 2. The van der Waals surface area contributed by atoms with Crippen molar-refractivity contribution in [2.75, 3.05) is 13.2 Å². The zero-order chi connectivity index (χ0) is 15.7. The van der Waals surface area contributed by atoms with Crippen molar-refractivity contribution in [3.05, 3.63) is 35.9 Å². The molecule has 1 aromatic rings. The van der Waals surface area contributed by atoms with Gasteiger partial charge in [-0.25, -0.2) is 0 Å². The molecule has 2 N–H and O–H groups in total. The number of ether oxygens (including phenoxy) is 1. The van der Waals surface area contributed by atoms with E-state index < -0.39 is 5.97 Å². The lowest BCUT2D eigenvalue weighted by Crippen LogP contribution is -2.37. The van der Waals surface area contributed by atoms with Crippen LogP contribution in [0.1, 0.15) is 30.6 Å². The average Bonchev–Trinajstić information content (AvgIpc) is 2.51. The first-order chi connectivity index (χ1) is 10.0. The van der Waals surface area contributed by atoms with E-state index in [0.29, 0.717) is 5.56 Å². The van der Waals surface area contributed by atoms with Gasteiger partial charge in [0.05, 0.1) is 0 Å². The number of rotatable bonds is 7. The van der Waals surface area contributed by atoms with Gasteiger partial charge in [0.25, 0.3) is 11.8 Å². The summed E-state index contributed by atoms with van der Waals surface area (Å²) in [5.41, 5.74) is 0.458. The summed E-state index contributed by atoms with van der Waals surface area (Å²) in [6.07, 6.45) is 0.798. The fraction of sp³-hybridized carbons (Fsp3) is 0.400. The molecule has 0 bridgehead atoms. The molecule has 0 heterocycles. The van der Waals surface area contributed by atoms with E-state index in [1.165, 1.54) is 0 Å². The molecule has 1 rings (SSSR count). The van der Waals surface area contributed by atoms with Crippen LogP contribution >= 0.6 is 0 Å². The van der Waals surface area contributed by atoms with Crippen LogP contribution in [0.25, 0.3) is 0 Å². The number of amides is 2. The first kappa shape index (κ1) is 16.7. The van der Waals surface area contributed by atoms with E-state index in [0.717, 1.165) is 6.42 Å². The minimum absolute atomic E-state index is 0.0361. The van der Waals surface area contributed by atoms with Crippen molar-refractivity contribution in [1.29, 1.82) is 0 Å². The molecule has 1 atom stereocenters. The van der Waals surface area contributed by atoms with Gasteiger partial charge in [0.15, 0.2) is 6.61 Å². The van der Waals surface area contributed by atoms with Crippen LogP contribution in [0.15, 0.2) is 30.3 Å². The second-order valence-electron chi connectivity index (χ2n) is 4.59. The number of benzene rings is 1. The lowest BCUT2D eigenvalue weighted by molar-refractivity contribution is -0.147. The Kier molecular flexibility index (Phi) is 6.94. The lowest BCUT2D eigenvalue weighted by Gasteiger charge is -2.11. The van der Waals surface area contributed by atoms with Gasteiger partial charge in [-0.05, 0) is 25.5 Å². The second-order valence-corrected chi connectivity index (χ2v) is 4.59. The normalized spacial score (nSPS) is 11.3. The highest BCUT2D eigenvalue weighted by Gasteiger charge is 2.11. The summed E-state index contributed by atoms with van der Waals surface area (Å²) in [5.74, 6) is -1.37. The zero-order valence-electron chi connectivity index (χ0n) is 12.2. The molecule has 6 nitrogen and oxygen atoms in total. The second kappa shape index (κ2) is 8.73. The van der Waals surface area contributed by atoms with Crippen LogP contribution in [0.5, 0.6) is 0 Å². The molecule has 0 saturated heterocycles. The molecule has 2 amide bonds. The topological polar surface area (TPSA) is 84.5 Å². The van der Waals surface area contributed by atoms with Gasteiger partial charge in [-0.1, -0.05) is 25.1 Å². The highest BCUT2D eigenvalue weighted by atomic mass is 16.5. The minimum Gasteiger partial charge on any atom is -0.454 e. The van der Waals surface area contributed by atoms with Crippen molar-refractivity contribution in [2.24, 2.45) is 0 Å². The Hall–Kier alpha value is -2.37. The SMILES string of the molecule is CC[C@H](C)NC(=O)COC(=O)CNC(=O)c1ccccc1. The van der Waals surface area contributed by atoms with Crippen LogP contribution < -0.4 is 10.6 Å². The number of esters is 1. The summed E-state index contributed by atoms with van der Waals surface area (Å²) in [6.45, 7) is 3.19. The molecule has 0 aliphatic carbocycles. The first-order valence-electron chi connectivity index (χ1n) is 6.81. The molecule has 0 fully saturated rings. The molecule has 0 radical (unpaired) electrons. The largest absolute Gasteiger partial charge is 0.454 e. The molecule has 0 aromatic heterocycles. The number of hydrogen-bond acceptors (Lipinski definition) is 4. The van der Waals surface area contributed by atoms with E-state index in [-0.39, 0.29) is 31.0 Å². The summed E-state index contributed by atoms with van der Waals surface area (Å²) in [5, 5.41) is 5.10. The smallest absolute Gasteiger partial charge is 0.325 e. The van der Waals surface area contributed by atoms with Crippen LogP contribution in [-0.2, 0) is 14.3 Å². The fourth-order valence-corrected chi connectivity index (χ4v) is 1.46. The molecule has 0 aliphatic rings. The van der Waals surface area contributed by atoms with Gasteiger partial charge < -0.3 is 15.4 Å². The van der Waals surface area contributed by atoms with Crippen molar-refractivity contribution in [3.63, 3.8) is 0 Å². The average molecular weight is 292 g/mol. The number of nitrogens with one attached hydrogen (secondary N) is 2. The molecule has 0 aliphatic heterocycles. The summed E-state index contributed by atoms with van der Waals surface area (Å²) >= 11 is 0. The highest BCUT2D eigenvalue weighted by molar-refractivity contribution is 5.96. The summed E-state index contributed by atoms with van der Waals surface area (Å²) in [6, 6.07) is 8.56. The predicted molar refractivity (Wildman–Crippen MR) is 77.6 cm³/mol. The Balaban J connectivity index is 2.25. The molecule has 1 aromatic carbocycles. The Morgan fingerprint density at radius 2 is 1.86 bits per heavy atom. The Labute approximate surface area is 123 Å². The van der Waals surface area contributed by atoms with Crippen LogP contribution in [0, 0.1) is 0 Å². The molecule has 21 heavy (non-hydrogen) atoms. The van der Waals surface area contributed by atoms with Crippen LogP contribution in [-0.4, -0.2) is 37.0 Å². The zero-order valence-corrected chi connectivity index (χ0v) is 12.2. The Morgan fingerprint density at radius 1 is 1.19 bits per heavy atom. The number of carbonyl (C=O) groups excluding carboxylic acids is 3. The Morgan fingerprint density at radius 3 is 2.48 bits per heavy atom. The predicted octanol–water partition coefficient (Wildman–Crippen LogP) is 0.874. The molecule has 6 heteroatoms. The number of carbonyl (C=O) groups is 3. The van der Waals surface area contributed by atoms with Gasteiger partial charge in [-0.15, -0.1) is 0 Å². The molecule has 0 spiro atoms. The van der Waals surface area contributed by atoms with E-state index in [1.807, 2.05) is 13.8 Å². The monoisotopic (exact) mass is 292 g/mol. The summed E-state index contributed by atoms with van der Waals surface area (Å²) in [7, 11) is 0. The van der Waals surface area contributed by atoms with Crippen molar-refractivity contribution < 1.29 is 19.1 Å². The van der Waals surface area contributed by atoms with Crippen molar-refractivity contribution in [1.82, 2.24) is 10.6 Å². The maximum Gasteiger partial charge on any atom is 0.325 e. The molecular weight excluding hydrogens is 272 g/mol. The van der Waals surface area contributed by atoms with Gasteiger partial charge in [-0.3, -0.25) is 14.4 Å². The van der Waals surface area contributed by atoms with Gasteiger partial charge in [0, 0.05) is 11.6 Å². The van der Waals surface area contributed by atoms with Crippen LogP contribution in [0.2, 0.25) is 0 Å². The quantitative estimate of drug-likeness (QED) is 0.730. The van der Waals surface area contributed by atoms with Gasteiger partial charge in [0.2, 0.25) is 0 Å². The van der Waals surface area contributed by atoms with Gasteiger partial charge >= 0.3 is 5.97 Å². The molecule has 114 valence electrons. The van der Waals surface area contributed by atoms with Crippen molar-refractivity contribution in [2.45, 2.75) is 26.3 Å². The van der Waals surface area contributed by atoms with Gasteiger partial charge in [-0.2, -0.15) is 0 Å². The third kappa shape index (κ3) is 6.56. The molecule has 0 unspecified atom stereocenters. The molecular formula is C15H20N2O4. The van der Waals surface area contributed by atoms with E-state index in [1.54, 1.807) is 30.3 Å². The highest BCUT2D eigenvalue weighted by Crippen LogP contribution is 1.97. The minimum atomic E-state index is -0.654. The van der Waals surface area contributed by atoms with Crippen molar-refractivity contribution in [3.8, 4) is 0 Å². The van der Waals surface area contributed by atoms with E-state index in [9.17, 15) is 14.4 Å². The van der Waals surface area contributed by atoms with Crippen LogP contribution in [0.4, 0.5) is 0 Å². The standard InChI is InChI=1S/C15H20N2O4/c1-3-11(2)17-13(18)10-21-14(19)9-16-15(20)12-7-5-4-6-8-12/h4-8,11H,3,9-10H2,1-2H3,(H,16,20)(H,17,18)/t11-/m0/s1. The third-order valence-corrected chi connectivity index (χ3v) is 2.81. The van der Waals surface area contributed by atoms with E-state index in [2.05, 4.69) is 10.6 Å². The fourth-order valence-electron chi connectivity index (χ4n) is 1.46. The van der Waals surface area contributed by atoms with Crippen LogP contribution in [0.3, 0.4) is 0 Å². The van der Waals surface area contributed by atoms with E-state index >= 15 is 0 Å². The lowest BCUT2D eigenvalue weighted by atomic mass is 10.2. The summed E-state index contributed by atoms with van der Waals surface area (Å²) < 4.78 is 4.77. The van der Waals surface area contributed by atoms with Crippen molar-refractivity contribution >= 4 is 17.8 Å². The Bertz CT molecular complexity index is 488. The van der Waals surface area contributed by atoms with Gasteiger partial charge in [0.1, 0.15) is 6.54 Å². The summed E-state index contributed by atoms with van der Waals surface area (Å²) in [4.78, 5) is 34.5. The first-order valence-corrected chi connectivity index (χ1v) is 6.81. The maximum absolute atomic E-state index is 11.7. The maximum atomic E-state index is 11.7. The molecule has 0 saturated carbocycles.